The molecule has 1 aliphatic heterocycles. The number of nitrogens with zero attached hydrogens (tertiary/aromatic N) is 3. The summed E-state index contributed by atoms with van der Waals surface area (Å²) in [5.74, 6) is -2.48. The number of rotatable bonds is 4. The number of carboxylic acid groups (broad SMARTS) is 1. The van der Waals surface area contributed by atoms with Crippen molar-refractivity contribution >= 4 is 23.5 Å². The normalized spacial score (nSPS) is 14.2. The van der Waals surface area contributed by atoms with Crippen LogP contribution in [0.4, 0.5) is 5.69 Å². The number of amides is 2. The Morgan fingerprint density at radius 1 is 1.08 bits per heavy atom. The van der Waals surface area contributed by atoms with E-state index in [0.717, 1.165) is 0 Å². The number of nitro benzene ring substituents is 1. The van der Waals surface area contributed by atoms with Gasteiger partial charge in [0.15, 0.2) is 6.61 Å². The van der Waals surface area contributed by atoms with Crippen molar-refractivity contribution in [3.63, 3.8) is 0 Å². The van der Waals surface area contributed by atoms with E-state index in [1.165, 1.54) is 34.1 Å². The molecule has 24 heavy (non-hydrogen) atoms. The quantitative estimate of drug-likeness (QED) is 0.454. The summed E-state index contributed by atoms with van der Waals surface area (Å²) in [6, 6.07) is 5.34. The van der Waals surface area contributed by atoms with Gasteiger partial charge in [-0.15, -0.1) is 0 Å². The van der Waals surface area contributed by atoms with Crippen molar-refractivity contribution in [3.05, 3.63) is 34.4 Å². The standard InChI is InChI=1S/C14H15N3O7/c18-12(9-24-11-3-1-10(2-4-11)17(22)23)15-5-7-16(8-6-15)13(19)14(20)21/h1-4H,5-9H2,(H,20,21). The zero-order valence-electron chi connectivity index (χ0n) is 12.6. The topological polar surface area (TPSA) is 130 Å². The summed E-state index contributed by atoms with van der Waals surface area (Å²) in [7, 11) is 0. The van der Waals surface area contributed by atoms with Gasteiger partial charge in [-0.05, 0) is 12.1 Å². The van der Waals surface area contributed by atoms with Gasteiger partial charge in [-0.3, -0.25) is 19.7 Å². The summed E-state index contributed by atoms with van der Waals surface area (Å²) in [5, 5.41) is 19.2. The van der Waals surface area contributed by atoms with Crippen LogP contribution >= 0.6 is 0 Å². The van der Waals surface area contributed by atoms with E-state index in [9.17, 15) is 24.5 Å². The second-order valence-corrected chi connectivity index (χ2v) is 5.02. The molecule has 0 atom stereocenters. The molecule has 0 bridgehead atoms. The summed E-state index contributed by atoms with van der Waals surface area (Å²) < 4.78 is 5.28. The lowest BCUT2D eigenvalue weighted by Gasteiger charge is -2.33. The van der Waals surface area contributed by atoms with Crippen LogP contribution < -0.4 is 4.74 Å². The Kier molecular flexibility index (Phi) is 5.30. The molecule has 10 heteroatoms. The van der Waals surface area contributed by atoms with Crippen LogP contribution in [0.5, 0.6) is 5.75 Å². The fourth-order valence-corrected chi connectivity index (χ4v) is 2.19. The van der Waals surface area contributed by atoms with Crippen LogP contribution in [0.3, 0.4) is 0 Å². The van der Waals surface area contributed by atoms with Gasteiger partial charge in [-0.2, -0.15) is 0 Å². The van der Waals surface area contributed by atoms with Crippen molar-refractivity contribution in [1.82, 2.24) is 9.80 Å². The number of non-ortho nitro benzene ring substituents is 1. The van der Waals surface area contributed by atoms with Crippen molar-refractivity contribution in [3.8, 4) is 5.75 Å². The summed E-state index contributed by atoms with van der Waals surface area (Å²) in [4.78, 5) is 46.6. The smallest absolute Gasteiger partial charge is 0.394 e. The lowest BCUT2D eigenvalue weighted by Crippen LogP contribution is -2.53. The molecule has 1 aromatic carbocycles. The molecule has 0 aromatic heterocycles. The van der Waals surface area contributed by atoms with Crippen molar-refractivity contribution in [2.24, 2.45) is 0 Å². The van der Waals surface area contributed by atoms with Gasteiger partial charge in [0.1, 0.15) is 5.75 Å². The Morgan fingerprint density at radius 3 is 2.12 bits per heavy atom. The summed E-state index contributed by atoms with van der Waals surface area (Å²) in [6.45, 7) is 0.496. The molecule has 1 heterocycles. The molecule has 1 fully saturated rings. The second kappa shape index (κ2) is 7.40. The van der Waals surface area contributed by atoms with E-state index in [-0.39, 0.29) is 44.4 Å². The van der Waals surface area contributed by atoms with Crippen molar-refractivity contribution < 1.29 is 29.2 Å². The van der Waals surface area contributed by atoms with Gasteiger partial charge in [0.25, 0.3) is 11.6 Å². The molecule has 0 unspecified atom stereocenters. The number of piperazine rings is 1. The van der Waals surface area contributed by atoms with Crippen LogP contribution in [0.25, 0.3) is 0 Å². The highest BCUT2D eigenvalue weighted by Crippen LogP contribution is 2.17. The molecule has 1 aliphatic rings. The van der Waals surface area contributed by atoms with Gasteiger partial charge >= 0.3 is 11.9 Å². The molecule has 1 aromatic rings. The molecular weight excluding hydrogens is 322 g/mol. The van der Waals surface area contributed by atoms with E-state index < -0.39 is 16.8 Å². The highest BCUT2D eigenvalue weighted by atomic mass is 16.6. The predicted octanol–water partition coefficient (Wildman–Crippen LogP) is -0.271. The minimum atomic E-state index is -1.52. The largest absolute Gasteiger partial charge is 0.484 e. The molecule has 0 radical (unpaired) electrons. The van der Waals surface area contributed by atoms with Gasteiger partial charge in [0.05, 0.1) is 4.92 Å². The van der Waals surface area contributed by atoms with Gasteiger partial charge in [-0.1, -0.05) is 0 Å². The molecule has 2 amide bonds. The third-order valence-corrected chi connectivity index (χ3v) is 3.51. The predicted molar refractivity (Wildman–Crippen MR) is 79.4 cm³/mol. The lowest BCUT2D eigenvalue weighted by atomic mass is 10.3. The van der Waals surface area contributed by atoms with E-state index in [0.29, 0.717) is 5.75 Å². The first-order valence-electron chi connectivity index (χ1n) is 7.05. The molecule has 1 N–H and O–H groups in total. The van der Waals surface area contributed by atoms with Crippen LogP contribution in [0.1, 0.15) is 0 Å². The minimum absolute atomic E-state index is 0.0760. The molecule has 0 spiro atoms. The maximum absolute atomic E-state index is 12.0. The number of carbonyl (C=O) groups excluding carboxylic acids is 2. The van der Waals surface area contributed by atoms with E-state index in [1.54, 1.807) is 0 Å². The van der Waals surface area contributed by atoms with E-state index in [2.05, 4.69) is 0 Å². The number of carboxylic acids is 1. The van der Waals surface area contributed by atoms with Crippen LogP contribution in [0, 0.1) is 10.1 Å². The number of nitro groups is 1. The van der Waals surface area contributed by atoms with E-state index >= 15 is 0 Å². The fourth-order valence-electron chi connectivity index (χ4n) is 2.19. The first kappa shape index (κ1) is 17.2. The van der Waals surface area contributed by atoms with E-state index in [1.807, 2.05) is 0 Å². The van der Waals surface area contributed by atoms with E-state index in [4.69, 9.17) is 9.84 Å². The molecule has 1 saturated heterocycles. The average Bonchev–Trinajstić information content (AvgIpc) is 2.59. The second-order valence-electron chi connectivity index (χ2n) is 5.02. The van der Waals surface area contributed by atoms with Gasteiger partial charge in [0, 0.05) is 38.3 Å². The molecule has 2 rings (SSSR count). The summed E-state index contributed by atoms with van der Waals surface area (Å²) in [5.41, 5.74) is -0.0760. The van der Waals surface area contributed by atoms with Gasteiger partial charge < -0.3 is 19.6 Å². The highest BCUT2D eigenvalue weighted by Gasteiger charge is 2.27. The Labute approximate surface area is 136 Å². The van der Waals surface area contributed by atoms with Crippen LogP contribution in [-0.4, -0.2) is 70.4 Å². The number of hydrogen-bond acceptors (Lipinski definition) is 6. The summed E-state index contributed by atoms with van der Waals surface area (Å²) in [6.07, 6.45) is 0. The number of hydrogen-bond donors (Lipinski definition) is 1. The Hall–Kier alpha value is -3.17. The Balaban J connectivity index is 1.80. The zero-order chi connectivity index (χ0) is 17.7. The zero-order valence-corrected chi connectivity index (χ0v) is 12.6. The van der Waals surface area contributed by atoms with Gasteiger partial charge in [0.2, 0.25) is 0 Å². The average molecular weight is 337 g/mol. The number of benzene rings is 1. The third-order valence-electron chi connectivity index (χ3n) is 3.51. The monoisotopic (exact) mass is 337 g/mol. The molecule has 0 aliphatic carbocycles. The molecule has 128 valence electrons. The minimum Gasteiger partial charge on any atom is -0.484 e. The SMILES string of the molecule is O=C(O)C(=O)N1CCN(C(=O)COc2ccc([N+](=O)[O-])cc2)CC1. The third kappa shape index (κ3) is 4.18. The van der Waals surface area contributed by atoms with Crippen LogP contribution in [0.15, 0.2) is 24.3 Å². The van der Waals surface area contributed by atoms with Crippen molar-refractivity contribution in [1.29, 1.82) is 0 Å². The summed E-state index contributed by atoms with van der Waals surface area (Å²) >= 11 is 0. The Bertz CT molecular complexity index is 651. The van der Waals surface area contributed by atoms with Crippen LogP contribution in [-0.2, 0) is 14.4 Å². The highest BCUT2D eigenvalue weighted by molar-refractivity contribution is 6.31. The van der Waals surface area contributed by atoms with Crippen molar-refractivity contribution in [2.75, 3.05) is 32.8 Å². The number of aliphatic carboxylic acids is 1. The maximum atomic E-state index is 12.0. The maximum Gasteiger partial charge on any atom is 0.394 e. The first-order valence-corrected chi connectivity index (χ1v) is 7.05. The fraction of sp³-hybridized carbons (Fsp3) is 0.357. The molecule has 0 saturated carbocycles. The molecule has 10 nitrogen and oxygen atoms in total. The molecular formula is C14H15N3O7. The number of carbonyl (C=O) groups is 3. The first-order chi connectivity index (χ1) is 11.4. The number of ether oxygens (including phenoxy) is 1. The van der Waals surface area contributed by atoms with Crippen molar-refractivity contribution in [2.45, 2.75) is 0 Å². The Morgan fingerprint density at radius 2 is 1.62 bits per heavy atom. The van der Waals surface area contributed by atoms with Crippen LogP contribution in [0.2, 0.25) is 0 Å². The lowest BCUT2D eigenvalue weighted by molar-refractivity contribution is -0.384. The van der Waals surface area contributed by atoms with Gasteiger partial charge in [-0.25, -0.2) is 4.79 Å².